The summed E-state index contributed by atoms with van der Waals surface area (Å²) in [6, 6.07) is 22.1. The number of carbonyl (C=O) groups excluding carboxylic acids is 2. The number of benzene rings is 5. The van der Waals surface area contributed by atoms with Crippen LogP contribution in [0.2, 0.25) is 0 Å². The third-order valence-corrected chi connectivity index (χ3v) is 12.5. The third-order valence-electron chi connectivity index (χ3n) is 12.5. The standard InChI is InChI=1S/C50H58N4O10/c1-53-17-15-31-21-41(57-3)45(61-7)25-35(31)39(53)19-33-23-43(59-5)47(63-9)27-37(33)51-49(55)29-11-13-30(14-12-29)50(56)52-38-28-48(64-10)44(60-6)24-34(38)20-40-36-26-46(62-8)42(58-4)22-32(36)16-18-54(40)2/h11-14,21-28,39-40H,15-20H2,1-10H3,(H,51,55)(H,52,56). The molecule has 2 heterocycles. The first-order chi connectivity index (χ1) is 31.0. The molecule has 0 aliphatic carbocycles. The number of nitrogens with zero attached hydrogens (tertiary/aromatic N) is 2. The molecule has 14 nitrogen and oxygen atoms in total. The van der Waals surface area contributed by atoms with Crippen molar-refractivity contribution in [2.45, 2.75) is 37.8 Å². The Balaban J connectivity index is 1.13. The molecule has 5 aromatic carbocycles. The summed E-state index contributed by atoms with van der Waals surface area (Å²) in [5.74, 6) is 4.05. The summed E-state index contributed by atoms with van der Waals surface area (Å²) in [6.07, 6.45) is 2.83. The zero-order valence-corrected chi connectivity index (χ0v) is 38.3. The minimum absolute atomic E-state index is 0.0340. The largest absolute Gasteiger partial charge is 0.493 e. The van der Waals surface area contributed by atoms with E-state index >= 15 is 0 Å². The molecule has 5 aromatic rings. The molecule has 0 bridgehead atoms. The maximum absolute atomic E-state index is 14.0. The number of carbonyl (C=O) groups is 2. The number of rotatable bonds is 16. The second-order valence-corrected chi connectivity index (χ2v) is 15.9. The minimum atomic E-state index is -0.349. The van der Waals surface area contributed by atoms with Crippen LogP contribution in [0, 0.1) is 0 Å². The smallest absolute Gasteiger partial charge is 0.255 e. The maximum atomic E-state index is 14.0. The molecule has 338 valence electrons. The number of anilines is 2. The number of hydrogen-bond acceptors (Lipinski definition) is 12. The van der Waals surface area contributed by atoms with Crippen LogP contribution in [0.3, 0.4) is 0 Å². The zero-order valence-electron chi connectivity index (χ0n) is 38.3. The molecule has 0 radical (unpaired) electrons. The van der Waals surface area contributed by atoms with Gasteiger partial charge in [0.25, 0.3) is 11.8 Å². The van der Waals surface area contributed by atoms with E-state index in [4.69, 9.17) is 37.9 Å². The van der Waals surface area contributed by atoms with Crippen molar-refractivity contribution in [3.8, 4) is 46.0 Å². The minimum Gasteiger partial charge on any atom is -0.493 e. The maximum Gasteiger partial charge on any atom is 0.255 e. The molecule has 14 heteroatoms. The highest BCUT2D eigenvalue weighted by atomic mass is 16.5. The molecular formula is C50H58N4O10. The predicted octanol–water partition coefficient (Wildman–Crippen LogP) is 7.80. The van der Waals surface area contributed by atoms with Crippen molar-refractivity contribution in [3.05, 3.63) is 117 Å². The first-order valence-corrected chi connectivity index (χ1v) is 21.1. The van der Waals surface area contributed by atoms with Gasteiger partial charge in [0.1, 0.15) is 0 Å². The Morgan fingerprint density at radius 1 is 0.469 bits per heavy atom. The summed E-state index contributed by atoms with van der Waals surface area (Å²) < 4.78 is 45.3. The topological polar surface area (TPSA) is 139 Å². The Morgan fingerprint density at radius 3 is 1.09 bits per heavy atom. The van der Waals surface area contributed by atoms with Gasteiger partial charge in [-0.15, -0.1) is 0 Å². The fourth-order valence-electron chi connectivity index (χ4n) is 8.83. The fraction of sp³-hybridized carbons (Fsp3) is 0.360. The van der Waals surface area contributed by atoms with Gasteiger partial charge < -0.3 is 48.5 Å². The second kappa shape index (κ2) is 19.8. The van der Waals surface area contributed by atoms with Gasteiger partial charge in [-0.25, -0.2) is 0 Å². The van der Waals surface area contributed by atoms with Crippen molar-refractivity contribution in [2.24, 2.45) is 0 Å². The molecule has 0 fully saturated rings. The van der Waals surface area contributed by atoms with Crippen LogP contribution in [-0.2, 0) is 25.7 Å². The molecule has 2 aliphatic heterocycles. The lowest BCUT2D eigenvalue weighted by Crippen LogP contribution is -2.33. The van der Waals surface area contributed by atoms with Crippen LogP contribution in [0.15, 0.2) is 72.8 Å². The molecule has 7 rings (SSSR count). The second-order valence-electron chi connectivity index (χ2n) is 15.9. The number of fused-ring (bicyclic) bond motifs is 2. The van der Waals surface area contributed by atoms with Crippen molar-refractivity contribution < 1.29 is 47.5 Å². The van der Waals surface area contributed by atoms with Gasteiger partial charge in [0, 0.05) is 59.8 Å². The summed E-state index contributed by atoms with van der Waals surface area (Å²) in [4.78, 5) is 32.6. The molecule has 2 unspecified atom stereocenters. The van der Waals surface area contributed by atoms with Gasteiger partial charge in [-0.1, -0.05) is 0 Å². The van der Waals surface area contributed by atoms with E-state index < -0.39 is 0 Å². The lowest BCUT2D eigenvalue weighted by atomic mass is 9.88. The summed E-state index contributed by atoms with van der Waals surface area (Å²) in [5, 5.41) is 6.24. The Labute approximate surface area is 375 Å². The van der Waals surface area contributed by atoms with E-state index in [9.17, 15) is 9.59 Å². The van der Waals surface area contributed by atoms with Crippen LogP contribution in [-0.4, -0.2) is 106 Å². The monoisotopic (exact) mass is 874 g/mol. The molecule has 2 N–H and O–H groups in total. The first-order valence-electron chi connectivity index (χ1n) is 21.1. The number of amides is 2. The van der Waals surface area contributed by atoms with E-state index in [1.807, 2.05) is 36.4 Å². The number of hydrogen-bond donors (Lipinski definition) is 2. The van der Waals surface area contributed by atoms with E-state index in [0.29, 0.717) is 81.3 Å². The molecule has 0 saturated heterocycles. The Bertz CT molecular complexity index is 2340. The zero-order chi connectivity index (χ0) is 45.7. The molecule has 64 heavy (non-hydrogen) atoms. The highest BCUT2D eigenvalue weighted by Gasteiger charge is 2.31. The predicted molar refractivity (Wildman–Crippen MR) is 246 cm³/mol. The van der Waals surface area contributed by atoms with Gasteiger partial charge in [-0.2, -0.15) is 0 Å². The summed E-state index contributed by atoms with van der Waals surface area (Å²) in [7, 11) is 17.0. The summed E-state index contributed by atoms with van der Waals surface area (Å²) in [6.45, 7) is 1.68. The van der Waals surface area contributed by atoms with E-state index in [0.717, 1.165) is 48.2 Å². The van der Waals surface area contributed by atoms with Gasteiger partial charge in [-0.3, -0.25) is 19.4 Å². The van der Waals surface area contributed by atoms with Gasteiger partial charge >= 0.3 is 0 Å². The normalized spacial score (nSPS) is 15.8. The van der Waals surface area contributed by atoms with Crippen LogP contribution < -0.4 is 48.5 Å². The van der Waals surface area contributed by atoms with Crippen LogP contribution >= 0.6 is 0 Å². The third kappa shape index (κ3) is 9.20. The van der Waals surface area contributed by atoms with E-state index in [1.165, 1.54) is 11.1 Å². The van der Waals surface area contributed by atoms with Crippen molar-refractivity contribution in [2.75, 3.05) is 94.7 Å². The van der Waals surface area contributed by atoms with Crippen LogP contribution in [0.25, 0.3) is 0 Å². The van der Waals surface area contributed by atoms with Crippen molar-refractivity contribution in [1.29, 1.82) is 0 Å². The Morgan fingerprint density at radius 2 is 0.766 bits per heavy atom. The molecule has 0 saturated carbocycles. The van der Waals surface area contributed by atoms with Crippen LogP contribution in [0.1, 0.15) is 66.2 Å². The van der Waals surface area contributed by atoms with Gasteiger partial charge in [0.15, 0.2) is 46.0 Å². The van der Waals surface area contributed by atoms with Crippen LogP contribution in [0.4, 0.5) is 11.4 Å². The SMILES string of the molecule is COc1cc(CC2c3cc(OC)c(OC)cc3CCN2C)c(NC(=O)c2ccc(C(=O)Nc3cc(OC)c(OC)cc3CC3c4cc(OC)c(OC)cc4CCN3C)cc2)cc1OC. The van der Waals surface area contributed by atoms with Gasteiger partial charge in [-0.05, 0) is 134 Å². The van der Waals surface area contributed by atoms with Crippen LogP contribution in [0.5, 0.6) is 46.0 Å². The quantitative estimate of drug-likeness (QED) is 0.100. The Hall–Kier alpha value is -6.64. The van der Waals surface area contributed by atoms with Crippen molar-refractivity contribution in [3.63, 3.8) is 0 Å². The average Bonchev–Trinajstić information content (AvgIpc) is 3.32. The van der Waals surface area contributed by atoms with Crippen molar-refractivity contribution in [1.82, 2.24) is 9.80 Å². The van der Waals surface area contributed by atoms with Gasteiger partial charge in [0.2, 0.25) is 0 Å². The first kappa shape index (κ1) is 45.4. The van der Waals surface area contributed by atoms with E-state index in [1.54, 1.807) is 93.3 Å². The Kier molecular flexibility index (Phi) is 14.1. The molecule has 0 spiro atoms. The lowest BCUT2D eigenvalue weighted by Gasteiger charge is -2.35. The number of nitrogens with one attached hydrogen (secondary N) is 2. The lowest BCUT2D eigenvalue weighted by molar-refractivity contribution is 0.101. The number of likely N-dealkylation sites (N-methyl/N-ethyl adjacent to an activating group) is 2. The van der Waals surface area contributed by atoms with E-state index in [-0.39, 0.29) is 23.9 Å². The van der Waals surface area contributed by atoms with Gasteiger partial charge in [0.05, 0.1) is 56.9 Å². The molecular weight excluding hydrogens is 817 g/mol. The molecule has 2 atom stereocenters. The highest BCUT2D eigenvalue weighted by Crippen LogP contribution is 2.44. The summed E-state index contributed by atoms with van der Waals surface area (Å²) >= 11 is 0. The number of ether oxygens (including phenoxy) is 8. The fourth-order valence-corrected chi connectivity index (χ4v) is 8.83. The van der Waals surface area contributed by atoms with Crippen molar-refractivity contribution >= 4 is 23.2 Å². The summed E-state index contributed by atoms with van der Waals surface area (Å²) in [5.41, 5.74) is 8.22. The number of methoxy groups -OCH3 is 8. The van der Waals surface area contributed by atoms with E-state index in [2.05, 4.69) is 34.5 Å². The molecule has 2 amide bonds. The average molecular weight is 875 g/mol. The molecule has 2 aliphatic rings. The highest BCUT2D eigenvalue weighted by molar-refractivity contribution is 6.07. The molecule has 0 aromatic heterocycles.